The highest BCUT2D eigenvalue weighted by Gasteiger charge is 2.08. The molecule has 0 aliphatic rings. The predicted octanol–water partition coefficient (Wildman–Crippen LogP) is 3.76. The van der Waals surface area contributed by atoms with E-state index in [4.69, 9.17) is 10.5 Å². The molecule has 1 aromatic carbocycles. The Morgan fingerprint density at radius 1 is 1.25 bits per heavy atom. The molecule has 3 heteroatoms. The van der Waals surface area contributed by atoms with Gasteiger partial charge in [0, 0.05) is 5.56 Å². The molecule has 2 aromatic rings. The van der Waals surface area contributed by atoms with Gasteiger partial charge in [-0.25, -0.2) is 0 Å². The topological polar surface area (TPSA) is 35.2 Å². The van der Waals surface area contributed by atoms with E-state index in [2.05, 4.69) is 31.8 Å². The molecule has 0 atom stereocenters. The van der Waals surface area contributed by atoms with E-state index in [9.17, 15) is 0 Å². The van der Waals surface area contributed by atoms with Gasteiger partial charge in [-0.1, -0.05) is 43.9 Å². The number of hydrogen-bond donors (Lipinski definition) is 1. The molecule has 0 saturated carbocycles. The molecule has 0 unspecified atom stereocenters. The Labute approximate surface area is 124 Å². The van der Waals surface area contributed by atoms with E-state index in [1.54, 1.807) is 11.3 Å². The summed E-state index contributed by atoms with van der Waals surface area (Å²) >= 11 is 1.67. The minimum absolute atomic E-state index is 0.381. The van der Waals surface area contributed by atoms with Gasteiger partial charge in [0.2, 0.25) is 0 Å². The summed E-state index contributed by atoms with van der Waals surface area (Å²) in [6.45, 7) is 5.28. The van der Waals surface area contributed by atoms with E-state index >= 15 is 0 Å². The molecule has 0 amide bonds. The van der Waals surface area contributed by atoms with Crippen LogP contribution in [0.4, 0.5) is 0 Å². The first-order chi connectivity index (χ1) is 9.72. The second-order valence-electron chi connectivity index (χ2n) is 4.74. The van der Waals surface area contributed by atoms with Crippen LogP contribution in [0.5, 0.6) is 5.75 Å². The minimum atomic E-state index is 0.381. The highest BCUT2D eigenvalue weighted by molar-refractivity contribution is 7.10. The average molecular weight is 285 g/mol. The number of thiophene rings is 1. The number of para-hydroxylation sites is 1. The van der Waals surface area contributed by atoms with Crippen LogP contribution in [0, 0.1) is 11.8 Å². The number of ether oxygens (including phenoxy) is 1. The predicted molar refractivity (Wildman–Crippen MR) is 85.1 cm³/mol. The second kappa shape index (κ2) is 7.14. The Morgan fingerprint density at radius 2 is 2.05 bits per heavy atom. The van der Waals surface area contributed by atoms with Crippen LogP contribution in [-0.4, -0.2) is 6.54 Å². The van der Waals surface area contributed by atoms with Crippen LogP contribution in [0.15, 0.2) is 35.7 Å². The fourth-order valence-electron chi connectivity index (χ4n) is 1.94. The van der Waals surface area contributed by atoms with Crippen molar-refractivity contribution in [1.82, 2.24) is 0 Å². The summed E-state index contributed by atoms with van der Waals surface area (Å²) in [4.78, 5) is 1.14. The van der Waals surface area contributed by atoms with Crippen LogP contribution in [-0.2, 0) is 6.61 Å². The Balaban J connectivity index is 2.12. The Morgan fingerprint density at radius 3 is 2.80 bits per heavy atom. The van der Waals surface area contributed by atoms with Gasteiger partial charge in [0.25, 0.3) is 0 Å². The highest BCUT2D eigenvalue weighted by atomic mass is 32.1. The molecular weight excluding hydrogens is 266 g/mol. The summed E-state index contributed by atoms with van der Waals surface area (Å²) in [6.07, 6.45) is 0. The summed E-state index contributed by atoms with van der Waals surface area (Å²) in [5.74, 6) is 7.37. The SMILES string of the molecule is CC(C)c1ccccc1OCc1sccc1C#CCN. The molecule has 0 saturated heterocycles. The lowest BCUT2D eigenvalue weighted by atomic mass is 10.0. The maximum Gasteiger partial charge on any atom is 0.124 e. The molecule has 0 fully saturated rings. The monoisotopic (exact) mass is 285 g/mol. The van der Waals surface area contributed by atoms with Gasteiger partial charge in [0.05, 0.1) is 11.4 Å². The van der Waals surface area contributed by atoms with E-state index < -0.39 is 0 Å². The number of hydrogen-bond acceptors (Lipinski definition) is 3. The number of rotatable bonds is 4. The van der Waals surface area contributed by atoms with Crippen molar-refractivity contribution in [3.8, 4) is 17.6 Å². The lowest BCUT2D eigenvalue weighted by Gasteiger charge is -2.13. The average Bonchev–Trinajstić information content (AvgIpc) is 2.90. The van der Waals surface area contributed by atoms with Crippen molar-refractivity contribution in [2.24, 2.45) is 5.73 Å². The zero-order valence-electron chi connectivity index (χ0n) is 11.8. The number of nitrogens with two attached hydrogens (primary N) is 1. The lowest BCUT2D eigenvalue weighted by molar-refractivity contribution is 0.305. The quantitative estimate of drug-likeness (QED) is 0.868. The van der Waals surface area contributed by atoms with Crippen LogP contribution in [0.25, 0.3) is 0 Å². The van der Waals surface area contributed by atoms with E-state index in [-0.39, 0.29) is 0 Å². The zero-order chi connectivity index (χ0) is 14.4. The standard InChI is InChI=1S/C17H19NOS/c1-13(2)15-7-3-4-8-16(15)19-12-17-14(6-5-10-18)9-11-20-17/h3-4,7-9,11,13H,10,12,18H2,1-2H3. The van der Waals surface area contributed by atoms with Gasteiger partial charge in [-0.3, -0.25) is 0 Å². The largest absolute Gasteiger partial charge is 0.488 e. The fourth-order valence-corrected chi connectivity index (χ4v) is 2.68. The third kappa shape index (κ3) is 3.63. The van der Waals surface area contributed by atoms with Gasteiger partial charge in [0.15, 0.2) is 0 Å². The summed E-state index contributed by atoms with van der Waals surface area (Å²) in [7, 11) is 0. The molecular formula is C17H19NOS. The van der Waals surface area contributed by atoms with Crippen molar-refractivity contribution in [2.45, 2.75) is 26.4 Å². The summed E-state index contributed by atoms with van der Waals surface area (Å²) in [5, 5.41) is 2.04. The van der Waals surface area contributed by atoms with E-state index in [1.165, 1.54) is 5.56 Å². The van der Waals surface area contributed by atoms with Crippen molar-refractivity contribution in [2.75, 3.05) is 6.54 Å². The second-order valence-corrected chi connectivity index (χ2v) is 5.75. The molecule has 0 aliphatic carbocycles. The van der Waals surface area contributed by atoms with Crippen LogP contribution in [0.3, 0.4) is 0 Å². The Hall–Kier alpha value is -1.76. The van der Waals surface area contributed by atoms with Gasteiger partial charge in [-0.2, -0.15) is 0 Å². The van der Waals surface area contributed by atoms with Crippen molar-refractivity contribution in [1.29, 1.82) is 0 Å². The van der Waals surface area contributed by atoms with Crippen LogP contribution >= 0.6 is 11.3 Å². The van der Waals surface area contributed by atoms with Crippen LogP contribution < -0.4 is 10.5 Å². The molecule has 20 heavy (non-hydrogen) atoms. The molecule has 1 heterocycles. The molecule has 0 radical (unpaired) electrons. The Bertz CT molecular complexity index is 619. The van der Waals surface area contributed by atoms with Crippen molar-refractivity contribution < 1.29 is 4.74 Å². The normalized spacial score (nSPS) is 10.2. The first-order valence-corrected chi connectivity index (χ1v) is 7.57. The molecule has 0 aliphatic heterocycles. The molecule has 104 valence electrons. The first-order valence-electron chi connectivity index (χ1n) is 6.69. The van der Waals surface area contributed by atoms with E-state index in [0.717, 1.165) is 16.2 Å². The minimum Gasteiger partial charge on any atom is -0.488 e. The Kier molecular flexibility index (Phi) is 5.23. The summed E-state index contributed by atoms with van der Waals surface area (Å²) < 4.78 is 5.97. The number of benzene rings is 1. The molecule has 2 N–H and O–H groups in total. The molecule has 0 bridgehead atoms. The zero-order valence-corrected chi connectivity index (χ0v) is 12.7. The smallest absolute Gasteiger partial charge is 0.124 e. The third-order valence-electron chi connectivity index (χ3n) is 2.97. The van der Waals surface area contributed by atoms with Gasteiger partial charge in [-0.05, 0) is 29.0 Å². The molecule has 0 spiro atoms. The first kappa shape index (κ1) is 14.6. The molecule has 2 nitrogen and oxygen atoms in total. The van der Waals surface area contributed by atoms with E-state index in [0.29, 0.717) is 19.1 Å². The third-order valence-corrected chi connectivity index (χ3v) is 3.86. The van der Waals surface area contributed by atoms with Gasteiger partial charge in [0.1, 0.15) is 12.4 Å². The van der Waals surface area contributed by atoms with Gasteiger partial charge >= 0.3 is 0 Å². The highest BCUT2D eigenvalue weighted by Crippen LogP contribution is 2.27. The molecule has 1 aromatic heterocycles. The van der Waals surface area contributed by atoms with E-state index in [1.807, 2.05) is 29.6 Å². The maximum atomic E-state index is 5.97. The van der Waals surface area contributed by atoms with Crippen molar-refractivity contribution >= 4 is 11.3 Å². The lowest BCUT2D eigenvalue weighted by Crippen LogP contribution is -1.99. The summed E-state index contributed by atoms with van der Waals surface area (Å²) in [5.41, 5.74) is 7.66. The van der Waals surface area contributed by atoms with Crippen molar-refractivity contribution in [3.05, 3.63) is 51.7 Å². The van der Waals surface area contributed by atoms with Gasteiger partial charge in [-0.15, -0.1) is 11.3 Å². The van der Waals surface area contributed by atoms with Crippen LogP contribution in [0.2, 0.25) is 0 Å². The maximum absolute atomic E-state index is 5.97. The van der Waals surface area contributed by atoms with Gasteiger partial charge < -0.3 is 10.5 Å². The van der Waals surface area contributed by atoms with Crippen molar-refractivity contribution in [3.63, 3.8) is 0 Å². The molecule has 2 rings (SSSR count). The summed E-state index contributed by atoms with van der Waals surface area (Å²) in [6, 6.07) is 10.2. The van der Waals surface area contributed by atoms with Crippen LogP contribution in [0.1, 0.15) is 35.8 Å². The fraction of sp³-hybridized carbons (Fsp3) is 0.294.